The van der Waals surface area contributed by atoms with Gasteiger partial charge in [-0.1, -0.05) is 28.1 Å². The van der Waals surface area contributed by atoms with Gasteiger partial charge in [0.15, 0.2) is 0 Å². The molecule has 0 fully saturated rings. The minimum atomic E-state index is -0.973. The average molecular weight is 293 g/mol. The maximum Gasteiger partial charge on any atom is 0.335 e. The summed E-state index contributed by atoms with van der Waals surface area (Å²) in [6.07, 6.45) is 0. The van der Waals surface area contributed by atoms with Crippen LogP contribution in [0, 0.1) is 0 Å². The van der Waals surface area contributed by atoms with E-state index in [1.54, 1.807) is 30.3 Å². The smallest absolute Gasteiger partial charge is 0.335 e. The maximum atomic E-state index is 10.9. The van der Waals surface area contributed by atoms with Crippen LogP contribution in [0.4, 0.5) is 0 Å². The van der Waals surface area contributed by atoms with Crippen molar-refractivity contribution in [2.45, 2.75) is 0 Å². The molecule has 0 radical (unpaired) electrons. The van der Waals surface area contributed by atoms with Gasteiger partial charge < -0.3 is 10.2 Å². The molecule has 4 heteroatoms. The van der Waals surface area contributed by atoms with Gasteiger partial charge in [0.1, 0.15) is 5.75 Å². The third-order valence-electron chi connectivity index (χ3n) is 2.37. The first kappa shape index (κ1) is 11.7. The molecule has 2 rings (SSSR count). The number of benzene rings is 2. The van der Waals surface area contributed by atoms with Gasteiger partial charge in [-0.2, -0.15) is 0 Å². The van der Waals surface area contributed by atoms with Crippen molar-refractivity contribution in [3.8, 4) is 16.9 Å². The van der Waals surface area contributed by atoms with Crippen molar-refractivity contribution in [2.24, 2.45) is 0 Å². The number of phenolic OH excluding ortho intramolecular Hbond substituents is 1. The van der Waals surface area contributed by atoms with Crippen molar-refractivity contribution in [1.29, 1.82) is 0 Å². The molecular weight excluding hydrogens is 284 g/mol. The van der Waals surface area contributed by atoms with Crippen molar-refractivity contribution in [1.82, 2.24) is 0 Å². The van der Waals surface area contributed by atoms with Gasteiger partial charge in [-0.25, -0.2) is 4.79 Å². The van der Waals surface area contributed by atoms with Gasteiger partial charge in [0.2, 0.25) is 0 Å². The summed E-state index contributed by atoms with van der Waals surface area (Å²) in [6, 6.07) is 11.5. The number of halogens is 1. The van der Waals surface area contributed by atoms with Gasteiger partial charge >= 0.3 is 5.97 Å². The van der Waals surface area contributed by atoms with E-state index in [4.69, 9.17) is 5.11 Å². The van der Waals surface area contributed by atoms with E-state index in [0.717, 1.165) is 15.6 Å². The summed E-state index contributed by atoms with van der Waals surface area (Å²) < 4.78 is 0.785. The van der Waals surface area contributed by atoms with E-state index in [1.165, 1.54) is 6.07 Å². The Morgan fingerprint density at radius 1 is 1.12 bits per heavy atom. The number of hydrogen-bond donors (Lipinski definition) is 2. The highest BCUT2D eigenvalue weighted by Gasteiger charge is 2.09. The van der Waals surface area contributed by atoms with Gasteiger partial charge in [-0.15, -0.1) is 0 Å². The second-order valence-electron chi connectivity index (χ2n) is 3.55. The predicted molar refractivity (Wildman–Crippen MR) is 68.2 cm³/mol. The zero-order valence-corrected chi connectivity index (χ0v) is 10.3. The first-order chi connectivity index (χ1) is 8.08. The van der Waals surface area contributed by atoms with Crippen molar-refractivity contribution >= 4 is 21.9 Å². The third-order valence-corrected chi connectivity index (χ3v) is 3.06. The molecule has 0 amide bonds. The van der Waals surface area contributed by atoms with Gasteiger partial charge in [-0.3, -0.25) is 0 Å². The Bertz CT molecular complexity index is 579. The highest BCUT2D eigenvalue weighted by Crippen LogP contribution is 2.31. The highest BCUT2D eigenvalue weighted by molar-refractivity contribution is 9.10. The first-order valence-corrected chi connectivity index (χ1v) is 5.69. The lowest BCUT2D eigenvalue weighted by Crippen LogP contribution is -1.96. The van der Waals surface area contributed by atoms with E-state index in [1.807, 2.05) is 6.07 Å². The minimum Gasteiger partial charge on any atom is -0.508 e. The van der Waals surface area contributed by atoms with E-state index in [2.05, 4.69) is 15.9 Å². The molecule has 2 aromatic carbocycles. The average Bonchev–Trinajstić information content (AvgIpc) is 2.29. The molecule has 0 heterocycles. The van der Waals surface area contributed by atoms with Crippen LogP contribution in [-0.2, 0) is 0 Å². The zero-order valence-electron chi connectivity index (χ0n) is 8.72. The molecule has 0 aliphatic heterocycles. The third kappa shape index (κ3) is 2.47. The van der Waals surface area contributed by atoms with Crippen molar-refractivity contribution < 1.29 is 15.0 Å². The summed E-state index contributed by atoms with van der Waals surface area (Å²) in [4.78, 5) is 10.9. The Kier molecular flexibility index (Phi) is 3.15. The normalized spacial score (nSPS) is 10.2. The topological polar surface area (TPSA) is 57.5 Å². The predicted octanol–water partition coefficient (Wildman–Crippen LogP) is 3.52. The number of aromatic carboxylic acids is 1. The van der Waals surface area contributed by atoms with E-state index in [-0.39, 0.29) is 11.3 Å². The zero-order chi connectivity index (χ0) is 12.4. The fraction of sp³-hybridized carbons (Fsp3) is 0. The summed E-state index contributed by atoms with van der Waals surface area (Å²) in [5.74, 6) is -0.825. The summed E-state index contributed by atoms with van der Waals surface area (Å²) in [5, 5.41) is 18.3. The lowest BCUT2D eigenvalue weighted by molar-refractivity contribution is 0.0697. The second kappa shape index (κ2) is 4.59. The lowest BCUT2D eigenvalue weighted by Gasteiger charge is -2.06. The molecule has 0 saturated heterocycles. The van der Waals surface area contributed by atoms with E-state index < -0.39 is 5.97 Å². The van der Waals surface area contributed by atoms with Crippen LogP contribution in [0.3, 0.4) is 0 Å². The Balaban J connectivity index is 2.58. The van der Waals surface area contributed by atoms with E-state index >= 15 is 0 Å². The Morgan fingerprint density at radius 3 is 2.53 bits per heavy atom. The monoisotopic (exact) mass is 292 g/mol. The molecule has 0 aromatic heterocycles. The van der Waals surface area contributed by atoms with Gasteiger partial charge in [0.25, 0.3) is 0 Å². The van der Waals surface area contributed by atoms with Gasteiger partial charge in [0, 0.05) is 4.47 Å². The molecule has 0 aliphatic carbocycles. The maximum absolute atomic E-state index is 10.9. The summed E-state index contributed by atoms with van der Waals surface area (Å²) in [7, 11) is 0. The van der Waals surface area contributed by atoms with Crippen LogP contribution in [0.5, 0.6) is 5.75 Å². The van der Waals surface area contributed by atoms with Crippen LogP contribution < -0.4 is 0 Å². The van der Waals surface area contributed by atoms with Crippen molar-refractivity contribution in [2.75, 3.05) is 0 Å². The molecule has 2 aromatic rings. The number of phenols is 1. The van der Waals surface area contributed by atoms with E-state index in [9.17, 15) is 9.90 Å². The first-order valence-electron chi connectivity index (χ1n) is 4.90. The van der Waals surface area contributed by atoms with Gasteiger partial charge in [0.05, 0.1) is 5.56 Å². The van der Waals surface area contributed by atoms with Crippen LogP contribution in [0.15, 0.2) is 46.9 Å². The number of carboxylic acids is 1. The molecule has 0 saturated carbocycles. The largest absolute Gasteiger partial charge is 0.508 e. The van der Waals surface area contributed by atoms with Crippen LogP contribution in [-0.4, -0.2) is 16.2 Å². The molecule has 0 atom stereocenters. The molecule has 86 valence electrons. The lowest BCUT2D eigenvalue weighted by atomic mass is 10.0. The van der Waals surface area contributed by atoms with Crippen LogP contribution >= 0.6 is 15.9 Å². The van der Waals surface area contributed by atoms with E-state index in [0.29, 0.717) is 0 Å². The Hall–Kier alpha value is -1.81. The second-order valence-corrected chi connectivity index (χ2v) is 4.40. The quantitative estimate of drug-likeness (QED) is 0.890. The molecule has 0 spiro atoms. The number of carbonyl (C=O) groups is 1. The Labute approximate surface area is 106 Å². The van der Waals surface area contributed by atoms with Crippen LogP contribution in [0.1, 0.15) is 10.4 Å². The fourth-order valence-electron chi connectivity index (χ4n) is 1.55. The minimum absolute atomic E-state index is 0.148. The SMILES string of the molecule is O=C(O)c1ccc(Br)c(-c2cccc(O)c2)c1. The number of aromatic hydroxyl groups is 1. The summed E-state index contributed by atoms with van der Waals surface area (Å²) in [5.41, 5.74) is 1.72. The molecule has 0 unspecified atom stereocenters. The molecule has 0 bridgehead atoms. The van der Waals surface area contributed by atoms with Crippen molar-refractivity contribution in [3.63, 3.8) is 0 Å². The van der Waals surface area contributed by atoms with Gasteiger partial charge in [-0.05, 0) is 41.5 Å². The Morgan fingerprint density at radius 2 is 1.88 bits per heavy atom. The number of carboxylic acid groups (broad SMARTS) is 1. The number of rotatable bonds is 2. The van der Waals surface area contributed by atoms with Crippen LogP contribution in [0.25, 0.3) is 11.1 Å². The summed E-state index contributed by atoms with van der Waals surface area (Å²) in [6.45, 7) is 0. The molecule has 0 aliphatic rings. The molecule has 3 nitrogen and oxygen atoms in total. The number of hydrogen-bond acceptors (Lipinski definition) is 2. The fourth-order valence-corrected chi connectivity index (χ4v) is 2.03. The highest BCUT2D eigenvalue weighted by atomic mass is 79.9. The van der Waals surface area contributed by atoms with Crippen molar-refractivity contribution in [3.05, 3.63) is 52.5 Å². The molecule has 2 N–H and O–H groups in total. The van der Waals surface area contributed by atoms with Crippen LogP contribution in [0.2, 0.25) is 0 Å². The molecular formula is C13H9BrO3. The summed E-state index contributed by atoms with van der Waals surface area (Å²) >= 11 is 3.37. The molecule has 17 heavy (non-hydrogen) atoms. The standard InChI is InChI=1S/C13H9BrO3/c14-12-5-4-9(13(16)17)7-11(12)8-2-1-3-10(15)6-8/h1-7,15H,(H,16,17).